The van der Waals surface area contributed by atoms with Crippen molar-refractivity contribution in [3.63, 3.8) is 0 Å². The molecule has 5 nitrogen and oxygen atoms in total. The number of rotatable bonds is 3. The Hall–Kier alpha value is -1.75. The van der Waals surface area contributed by atoms with Crippen LogP contribution in [0.1, 0.15) is 43.7 Å². The molecule has 1 aromatic carbocycles. The molecule has 2 aliphatic rings. The number of hydrogen-bond acceptors (Lipinski definition) is 3. The maximum absolute atomic E-state index is 12.2. The van der Waals surface area contributed by atoms with Gasteiger partial charge in [-0.2, -0.15) is 0 Å². The summed E-state index contributed by atoms with van der Waals surface area (Å²) in [7, 11) is 0. The van der Waals surface area contributed by atoms with Gasteiger partial charge in [0.2, 0.25) is 0 Å². The summed E-state index contributed by atoms with van der Waals surface area (Å²) in [6.45, 7) is 1.23. The van der Waals surface area contributed by atoms with E-state index < -0.39 is 0 Å². The van der Waals surface area contributed by atoms with Crippen molar-refractivity contribution in [1.29, 1.82) is 0 Å². The van der Waals surface area contributed by atoms with Crippen LogP contribution >= 0.6 is 0 Å². The number of fused-ring (bicyclic) bond motifs is 1. The predicted octanol–water partition coefficient (Wildman–Crippen LogP) is 2.36. The van der Waals surface area contributed by atoms with Crippen molar-refractivity contribution in [3.05, 3.63) is 29.8 Å². The molecular formula is C17H24N2O3. The molecule has 22 heavy (non-hydrogen) atoms. The van der Waals surface area contributed by atoms with Crippen LogP contribution < -0.4 is 15.4 Å². The molecule has 1 fully saturated rings. The second kappa shape index (κ2) is 7.01. The van der Waals surface area contributed by atoms with Gasteiger partial charge in [-0.25, -0.2) is 4.79 Å². The Bertz CT molecular complexity index is 520. The fraction of sp³-hybridized carbons (Fsp3) is 0.588. The smallest absolute Gasteiger partial charge is 0.315 e. The van der Waals surface area contributed by atoms with Crippen molar-refractivity contribution in [2.24, 2.45) is 5.92 Å². The highest BCUT2D eigenvalue weighted by Gasteiger charge is 2.26. The number of benzene rings is 1. The van der Waals surface area contributed by atoms with Crippen LogP contribution in [-0.4, -0.2) is 30.4 Å². The quantitative estimate of drug-likeness (QED) is 0.803. The number of carbonyl (C=O) groups is 1. The van der Waals surface area contributed by atoms with Gasteiger partial charge < -0.3 is 20.5 Å². The van der Waals surface area contributed by atoms with E-state index in [4.69, 9.17) is 4.74 Å². The molecule has 1 saturated carbocycles. The summed E-state index contributed by atoms with van der Waals surface area (Å²) in [6.07, 6.45) is 4.40. The standard InChI is InChI=1S/C17H24N2O3/c20-15-8-3-5-12(15)11-18-17(21)19-14-7-4-10-22-16-9-2-1-6-13(14)16/h1-2,6,9,12,14-15,20H,3-5,7-8,10-11H2,(H2,18,19,21)/t12-,14-,15+/m0/s1. The van der Waals surface area contributed by atoms with Crippen molar-refractivity contribution in [2.45, 2.75) is 44.2 Å². The number of para-hydroxylation sites is 1. The third kappa shape index (κ3) is 3.53. The van der Waals surface area contributed by atoms with E-state index in [1.165, 1.54) is 0 Å². The van der Waals surface area contributed by atoms with Crippen molar-refractivity contribution in [3.8, 4) is 5.75 Å². The number of hydrogen-bond donors (Lipinski definition) is 3. The lowest BCUT2D eigenvalue weighted by atomic mass is 10.0. The van der Waals surface area contributed by atoms with Crippen molar-refractivity contribution in [2.75, 3.05) is 13.2 Å². The predicted molar refractivity (Wildman–Crippen MR) is 83.8 cm³/mol. The molecule has 3 rings (SSSR count). The average molecular weight is 304 g/mol. The summed E-state index contributed by atoms with van der Waals surface area (Å²) in [5, 5.41) is 15.7. The second-order valence-corrected chi connectivity index (χ2v) is 6.19. The van der Waals surface area contributed by atoms with Crippen LogP contribution in [0.25, 0.3) is 0 Å². The van der Waals surface area contributed by atoms with Gasteiger partial charge in [0.05, 0.1) is 18.8 Å². The molecule has 1 heterocycles. The highest BCUT2D eigenvalue weighted by Crippen LogP contribution is 2.31. The summed E-state index contributed by atoms with van der Waals surface area (Å²) in [5.74, 6) is 1.05. The maximum atomic E-state index is 12.2. The van der Waals surface area contributed by atoms with Gasteiger partial charge in [0, 0.05) is 18.0 Å². The average Bonchev–Trinajstić information content (AvgIpc) is 2.83. The lowest BCUT2D eigenvalue weighted by Crippen LogP contribution is -2.41. The minimum Gasteiger partial charge on any atom is -0.493 e. The molecule has 120 valence electrons. The number of nitrogens with one attached hydrogen (secondary N) is 2. The summed E-state index contributed by atoms with van der Waals surface area (Å²) < 4.78 is 5.71. The molecule has 3 N–H and O–H groups in total. The molecule has 0 unspecified atom stereocenters. The maximum Gasteiger partial charge on any atom is 0.315 e. The SMILES string of the molecule is O=C(NC[C@@H]1CCC[C@H]1O)N[C@H]1CCCOc2ccccc21. The number of ether oxygens (including phenoxy) is 1. The summed E-state index contributed by atoms with van der Waals surface area (Å²) in [6, 6.07) is 7.68. The van der Waals surface area contributed by atoms with Gasteiger partial charge in [0.1, 0.15) is 5.75 Å². The van der Waals surface area contributed by atoms with Crippen molar-refractivity contribution >= 4 is 6.03 Å². The first-order valence-corrected chi connectivity index (χ1v) is 8.18. The number of amides is 2. The lowest BCUT2D eigenvalue weighted by Gasteiger charge is -2.20. The van der Waals surface area contributed by atoms with E-state index in [9.17, 15) is 9.90 Å². The van der Waals surface area contributed by atoms with E-state index in [-0.39, 0.29) is 24.1 Å². The van der Waals surface area contributed by atoms with Gasteiger partial charge in [0.25, 0.3) is 0 Å². The van der Waals surface area contributed by atoms with Crippen LogP contribution in [0.4, 0.5) is 4.79 Å². The minimum absolute atomic E-state index is 0.0211. The Morgan fingerprint density at radius 1 is 1.23 bits per heavy atom. The van der Waals surface area contributed by atoms with Crippen LogP contribution in [0.15, 0.2) is 24.3 Å². The van der Waals surface area contributed by atoms with Gasteiger partial charge in [-0.05, 0) is 31.7 Å². The summed E-state index contributed by atoms with van der Waals surface area (Å²) in [4.78, 5) is 12.2. The number of aliphatic hydroxyl groups is 1. The topological polar surface area (TPSA) is 70.6 Å². The zero-order chi connectivity index (χ0) is 15.4. The Kier molecular flexibility index (Phi) is 4.83. The van der Waals surface area contributed by atoms with Gasteiger partial charge in [-0.15, -0.1) is 0 Å². The van der Waals surface area contributed by atoms with Gasteiger partial charge in [-0.3, -0.25) is 0 Å². The first-order chi connectivity index (χ1) is 10.7. The third-order valence-corrected chi connectivity index (χ3v) is 4.64. The van der Waals surface area contributed by atoms with Crippen molar-refractivity contribution < 1.29 is 14.6 Å². The van der Waals surface area contributed by atoms with E-state index >= 15 is 0 Å². The Morgan fingerprint density at radius 3 is 2.91 bits per heavy atom. The third-order valence-electron chi connectivity index (χ3n) is 4.64. The normalized spacial score (nSPS) is 27.4. The lowest BCUT2D eigenvalue weighted by molar-refractivity contribution is 0.132. The molecule has 2 amide bonds. The Morgan fingerprint density at radius 2 is 2.09 bits per heavy atom. The first-order valence-electron chi connectivity index (χ1n) is 8.18. The molecule has 0 bridgehead atoms. The second-order valence-electron chi connectivity index (χ2n) is 6.19. The zero-order valence-electron chi connectivity index (χ0n) is 12.8. The molecule has 5 heteroatoms. The molecule has 1 aromatic rings. The van der Waals surface area contributed by atoms with Crippen LogP contribution in [0.3, 0.4) is 0 Å². The zero-order valence-corrected chi connectivity index (χ0v) is 12.8. The van der Waals surface area contributed by atoms with Crippen LogP contribution in [0.5, 0.6) is 5.75 Å². The largest absolute Gasteiger partial charge is 0.493 e. The number of carbonyl (C=O) groups excluding carboxylic acids is 1. The fourth-order valence-electron chi connectivity index (χ4n) is 3.36. The van der Waals surface area contributed by atoms with Crippen LogP contribution in [0, 0.1) is 5.92 Å². The van der Waals surface area contributed by atoms with E-state index in [1.54, 1.807) is 0 Å². The summed E-state index contributed by atoms with van der Waals surface area (Å²) >= 11 is 0. The number of aliphatic hydroxyl groups excluding tert-OH is 1. The van der Waals surface area contributed by atoms with Gasteiger partial charge in [-0.1, -0.05) is 24.6 Å². The summed E-state index contributed by atoms with van der Waals surface area (Å²) in [5.41, 5.74) is 1.04. The van der Waals surface area contributed by atoms with E-state index in [0.717, 1.165) is 43.4 Å². The van der Waals surface area contributed by atoms with Gasteiger partial charge in [0.15, 0.2) is 0 Å². The first kappa shape index (κ1) is 15.2. The molecule has 1 aliphatic heterocycles. The molecule has 3 atom stereocenters. The van der Waals surface area contributed by atoms with Crippen LogP contribution in [-0.2, 0) is 0 Å². The molecule has 0 aromatic heterocycles. The van der Waals surface area contributed by atoms with Crippen LogP contribution in [0.2, 0.25) is 0 Å². The Balaban J connectivity index is 1.57. The molecular weight excluding hydrogens is 280 g/mol. The fourth-order valence-corrected chi connectivity index (χ4v) is 3.36. The monoisotopic (exact) mass is 304 g/mol. The molecule has 0 spiro atoms. The number of urea groups is 1. The van der Waals surface area contributed by atoms with E-state index in [2.05, 4.69) is 10.6 Å². The minimum atomic E-state index is -0.271. The molecule has 0 radical (unpaired) electrons. The molecule has 1 aliphatic carbocycles. The Labute approximate surface area is 131 Å². The van der Waals surface area contributed by atoms with E-state index in [0.29, 0.717) is 13.2 Å². The molecule has 0 saturated heterocycles. The van der Waals surface area contributed by atoms with E-state index in [1.807, 2.05) is 24.3 Å². The van der Waals surface area contributed by atoms with Crippen molar-refractivity contribution in [1.82, 2.24) is 10.6 Å². The highest BCUT2D eigenvalue weighted by molar-refractivity contribution is 5.74. The highest BCUT2D eigenvalue weighted by atomic mass is 16.5. The van der Waals surface area contributed by atoms with Gasteiger partial charge >= 0.3 is 6.03 Å².